The second-order valence-electron chi connectivity index (χ2n) is 6.21. The number of ether oxygens (including phenoxy) is 1. The molecule has 0 saturated heterocycles. The predicted octanol–water partition coefficient (Wildman–Crippen LogP) is 2.59. The van der Waals surface area contributed by atoms with Gasteiger partial charge in [0.2, 0.25) is 0 Å². The Morgan fingerprint density at radius 3 is 2.30 bits per heavy atom. The first kappa shape index (κ1) is 20.0. The number of anilines is 1. The Labute approximate surface area is 157 Å². The summed E-state index contributed by atoms with van der Waals surface area (Å²) in [5.41, 5.74) is 1.47. The molecule has 0 heterocycles. The number of nitrogens with one attached hydrogen (secondary N) is 1. The summed E-state index contributed by atoms with van der Waals surface area (Å²) in [5, 5.41) is 11.8. The molecule has 7 heteroatoms. The summed E-state index contributed by atoms with van der Waals surface area (Å²) >= 11 is 0. The number of carbonyl (C=O) groups excluding carboxylic acids is 2. The van der Waals surface area contributed by atoms with Crippen LogP contribution in [0.15, 0.2) is 48.5 Å². The normalized spacial score (nSPS) is 11.4. The highest BCUT2D eigenvalue weighted by molar-refractivity contribution is 6.06. The zero-order valence-electron chi connectivity index (χ0n) is 15.4. The van der Waals surface area contributed by atoms with Crippen LogP contribution < -0.4 is 10.1 Å². The summed E-state index contributed by atoms with van der Waals surface area (Å²) in [4.78, 5) is 36.7. The third-order valence-corrected chi connectivity index (χ3v) is 4.02. The Morgan fingerprint density at radius 1 is 1.07 bits per heavy atom. The van der Waals surface area contributed by atoms with Crippen molar-refractivity contribution >= 4 is 23.5 Å². The van der Waals surface area contributed by atoms with Crippen molar-refractivity contribution in [3.8, 4) is 5.75 Å². The van der Waals surface area contributed by atoms with Crippen molar-refractivity contribution in [3.05, 3.63) is 59.7 Å². The minimum absolute atomic E-state index is 0.168. The maximum Gasteiger partial charge on any atom is 0.310 e. The summed E-state index contributed by atoms with van der Waals surface area (Å²) in [6, 6.07) is 13.2. The molecule has 0 fully saturated rings. The Hall–Kier alpha value is -3.35. The maximum absolute atomic E-state index is 12.6. The fourth-order valence-electron chi connectivity index (χ4n) is 2.24. The third-order valence-electron chi connectivity index (χ3n) is 4.02. The molecule has 1 atom stereocenters. The van der Waals surface area contributed by atoms with Crippen LogP contribution in [0.3, 0.4) is 0 Å². The van der Waals surface area contributed by atoms with Crippen LogP contribution in [0.2, 0.25) is 0 Å². The minimum atomic E-state index is -0.912. The van der Waals surface area contributed by atoms with Gasteiger partial charge in [0.15, 0.2) is 6.61 Å². The quantitative estimate of drug-likeness (QED) is 0.781. The summed E-state index contributed by atoms with van der Waals surface area (Å²) in [6.45, 7) is 1.43. The molecule has 0 radical (unpaired) electrons. The number of rotatable bonds is 7. The van der Waals surface area contributed by atoms with E-state index in [0.29, 0.717) is 22.6 Å². The highest BCUT2D eigenvalue weighted by Gasteiger charge is 2.16. The van der Waals surface area contributed by atoms with Gasteiger partial charge in [-0.2, -0.15) is 0 Å². The van der Waals surface area contributed by atoms with Crippen LogP contribution in [0, 0.1) is 0 Å². The number of hydrogen-bond acceptors (Lipinski definition) is 4. The number of likely N-dealkylation sites (N-methyl/N-ethyl adjacent to an activating group) is 1. The van der Waals surface area contributed by atoms with Gasteiger partial charge in [-0.25, -0.2) is 0 Å². The highest BCUT2D eigenvalue weighted by Crippen LogP contribution is 2.22. The molecule has 2 N–H and O–H groups in total. The molecule has 2 rings (SSSR count). The van der Waals surface area contributed by atoms with Gasteiger partial charge in [-0.05, 0) is 36.8 Å². The van der Waals surface area contributed by atoms with E-state index in [2.05, 4.69) is 5.32 Å². The van der Waals surface area contributed by atoms with Crippen LogP contribution in [0.4, 0.5) is 5.69 Å². The summed E-state index contributed by atoms with van der Waals surface area (Å²) in [7, 11) is 3.25. The van der Waals surface area contributed by atoms with Crippen molar-refractivity contribution in [1.29, 1.82) is 0 Å². The number of carboxylic acids is 1. The van der Waals surface area contributed by atoms with Gasteiger partial charge in [-0.1, -0.05) is 24.3 Å². The Kier molecular flexibility index (Phi) is 6.54. The van der Waals surface area contributed by atoms with Gasteiger partial charge in [-0.3, -0.25) is 14.4 Å². The standard InChI is InChI=1S/C20H22N2O5/c1-13(20(25)26)14-8-10-15(11-9-14)21-19(24)16-6-4-5-7-17(16)27-12-18(23)22(2)3/h4-11,13H,12H2,1-3H3,(H,21,24)(H,25,26). The predicted molar refractivity (Wildman–Crippen MR) is 101 cm³/mol. The van der Waals surface area contributed by atoms with Gasteiger partial charge in [0.25, 0.3) is 11.8 Å². The van der Waals surface area contributed by atoms with E-state index in [4.69, 9.17) is 9.84 Å². The van der Waals surface area contributed by atoms with E-state index in [1.165, 1.54) is 4.90 Å². The van der Waals surface area contributed by atoms with Crippen LogP contribution in [0.5, 0.6) is 5.75 Å². The lowest BCUT2D eigenvalue weighted by molar-refractivity contribution is -0.138. The van der Waals surface area contributed by atoms with E-state index in [0.717, 1.165) is 0 Å². The van der Waals surface area contributed by atoms with Crippen molar-refractivity contribution in [2.75, 3.05) is 26.0 Å². The fourth-order valence-corrected chi connectivity index (χ4v) is 2.24. The number of benzene rings is 2. The molecule has 2 aromatic carbocycles. The summed E-state index contributed by atoms with van der Waals surface area (Å²) < 4.78 is 5.48. The molecule has 7 nitrogen and oxygen atoms in total. The van der Waals surface area contributed by atoms with Gasteiger partial charge < -0.3 is 20.1 Å². The monoisotopic (exact) mass is 370 g/mol. The lowest BCUT2D eigenvalue weighted by atomic mass is 10.0. The number of aliphatic carboxylic acids is 1. The molecule has 0 saturated carbocycles. The number of amides is 2. The SMILES string of the molecule is CC(C(=O)O)c1ccc(NC(=O)c2ccccc2OCC(=O)N(C)C)cc1. The Bertz CT molecular complexity index is 831. The lowest BCUT2D eigenvalue weighted by Gasteiger charge is -2.14. The van der Waals surface area contributed by atoms with Crippen molar-refractivity contribution in [1.82, 2.24) is 4.90 Å². The molecule has 142 valence electrons. The molecule has 2 amide bonds. The van der Waals surface area contributed by atoms with Crippen LogP contribution >= 0.6 is 0 Å². The molecular weight excluding hydrogens is 348 g/mol. The van der Waals surface area contributed by atoms with E-state index in [1.54, 1.807) is 69.6 Å². The zero-order valence-corrected chi connectivity index (χ0v) is 15.4. The first-order valence-corrected chi connectivity index (χ1v) is 8.35. The average Bonchev–Trinajstić information content (AvgIpc) is 2.66. The van der Waals surface area contributed by atoms with Crippen LogP contribution in [0.1, 0.15) is 28.8 Å². The van der Waals surface area contributed by atoms with Gasteiger partial charge in [-0.15, -0.1) is 0 Å². The van der Waals surface area contributed by atoms with Crippen molar-refractivity contribution in [2.24, 2.45) is 0 Å². The Balaban J connectivity index is 2.10. The van der Waals surface area contributed by atoms with E-state index in [9.17, 15) is 14.4 Å². The first-order valence-electron chi connectivity index (χ1n) is 8.35. The third kappa shape index (κ3) is 5.31. The molecule has 0 aromatic heterocycles. The smallest absolute Gasteiger partial charge is 0.310 e. The highest BCUT2D eigenvalue weighted by atomic mass is 16.5. The molecule has 1 unspecified atom stereocenters. The Morgan fingerprint density at radius 2 is 1.70 bits per heavy atom. The van der Waals surface area contributed by atoms with Crippen LogP contribution in [-0.2, 0) is 9.59 Å². The summed E-state index contributed by atoms with van der Waals surface area (Å²) in [5.74, 6) is -1.83. The summed E-state index contributed by atoms with van der Waals surface area (Å²) in [6.07, 6.45) is 0. The van der Waals surface area contributed by atoms with E-state index in [1.807, 2.05) is 0 Å². The number of para-hydroxylation sites is 1. The molecule has 27 heavy (non-hydrogen) atoms. The van der Waals surface area contributed by atoms with Gasteiger partial charge in [0, 0.05) is 19.8 Å². The fraction of sp³-hybridized carbons (Fsp3) is 0.250. The zero-order chi connectivity index (χ0) is 20.0. The molecule has 2 aromatic rings. The molecular formula is C20H22N2O5. The molecule has 0 spiro atoms. The van der Waals surface area contributed by atoms with Gasteiger partial charge in [0.05, 0.1) is 11.5 Å². The van der Waals surface area contributed by atoms with E-state index >= 15 is 0 Å². The topological polar surface area (TPSA) is 95.9 Å². The van der Waals surface area contributed by atoms with Crippen LogP contribution in [0.25, 0.3) is 0 Å². The van der Waals surface area contributed by atoms with E-state index < -0.39 is 11.9 Å². The maximum atomic E-state index is 12.6. The molecule has 0 aliphatic heterocycles. The second kappa shape index (κ2) is 8.84. The number of carboxylic acid groups (broad SMARTS) is 1. The second-order valence-corrected chi connectivity index (χ2v) is 6.21. The average molecular weight is 370 g/mol. The van der Waals surface area contributed by atoms with Crippen molar-refractivity contribution in [2.45, 2.75) is 12.8 Å². The van der Waals surface area contributed by atoms with Gasteiger partial charge >= 0.3 is 5.97 Å². The number of carbonyl (C=O) groups is 3. The van der Waals surface area contributed by atoms with Gasteiger partial charge in [0.1, 0.15) is 5.75 Å². The largest absolute Gasteiger partial charge is 0.483 e. The first-order chi connectivity index (χ1) is 12.8. The lowest BCUT2D eigenvalue weighted by Crippen LogP contribution is -2.28. The molecule has 0 aliphatic rings. The van der Waals surface area contributed by atoms with Crippen LogP contribution in [-0.4, -0.2) is 48.5 Å². The number of hydrogen-bond donors (Lipinski definition) is 2. The van der Waals surface area contributed by atoms with E-state index in [-0.39, 0.29) is 18.4 Å². The van der Waals surface area contributed by atoms with Crippen molar-refractivity contribution < 1.29 is 24.2 Å². The molecule has 0 bridgehead atoms. The molecule has 0 aliphatic carbocycles. The number of nitrogens with zero attached hydrogens (tertiary/aromatic N) is 1. The minimum Gasteiger partial charge on any atom is -0.483 e. The van der Waals surface area contributed by atoms with Crippen molar-refractivity contribution in [3.63, 3.8) is 0 Å².